The molecule has 0 unspecified atom stereocenters. The molecular formula is C11H14BrNO. The molecule has 2 rings (SSSR count). The fraction of sp³-hybridized carbons (Fsp3) is 0.455. The predicted molar refractivity (Wildman–Crippen MR) is 61.4 cm³/mol. The van der Waals surface area contributed by atoms with Gasteiger partial charge in [-0.15, -0.1) is 0 Å². The first-order chi connectivity index (χ1) is 6.74. The van der Waals surface area contributed by atoms with E-state index in [0.29, 0.717) is 0 Å². The second kappa shape index (κ2) is 3.91. The van der Waals surface area contributed by atoms with E-state index in [1.54, 1.807) is 0 Å². The maximum atomic E-state index is 9.29. The molecule has 0 aliphatic heterocycles. The van der Waals surface area contributed by atoms with E-state index >= 15 is 0 Å². The zero-order chi connectivity index (χ0) is 10.0. The van der Waals surface area contributed by atoms with Crippen LogP contribution in [0.15, 0.2) is 28.7 Å². The summed E-state index contributed by atoms with van der Waals surface area (Å²) in [6.45, 7) is 0.222. The quantitative estimate of drug-likeness (QED) is 0.871. The Morgan fingerprint density at radius 3 is 2.71 bits per heavy atom. The van der Waals surface area contributed by atoms with Gasteiger partial charge >= 0.3 is 0 Å². The standard InChI is InChI=1S/C11H14BrNO/c12-9-3-1-4-10(7-9)13-11(8-14)5-2-6-11/h1,3-4,7,13-14H,2,5-6,8H2. The van der Waals surface area contributed by atoms with Crippen LogP contribution in [0, 0.1) is 0 Å². The Kier molecular flexibility index (Phi) is 2.79. The van der Waals surface area contributed by atoms with Gasteiger partial charge in [-0.25, -0.2) is 0 Å². The first kappa shape index (κ1) is 9.99. The third-order valence-corrected chi connectivity index (χ3v) is 3.34. The molecule has 1 aliphatic rings. The van der Waals surface area contributed by atoms with Gasteiger partial charge in [-0.05, 0) is 37.5 Å². The Balaban J connectivity index is 2.09. The van der Waals surface area contributed by atoms with E-state index < -0.39 is 0 Å². The fourth-order valence-electron chi connectivity index (χ4n) is 1.80. The van der Waals surface area contributed by atoms with Crippen LogP contribution in [0.2, 0.25) is 0 Å². The smallest absolute Gasteiger partial charge is 0.0661 e. The molecule has 0 heterocycles. The molecule has 0 spiro atoms. The van der Waals surface area contributed by atoms with Crippen molar-refractivity contribution in [1.82, 2.24) is 0 Å². The summed E-state index contributed by atoms with van der Waals surface area (Å²) in [4.78, 5) is 0. The van der Waals surface area contributed by atoms with E-state index in [1.807, 2.05) is 24.3 Å². The molecule has 0 amide bonds. The van der Waals surface area contributed by atoms with Crippen molar-refractivity contribution >= 4 is 21.6 Å². The van der Waals surface area contributed by atoms with Crippen molar-refractivity contribution in [3.05, 3.63) is 28.7 Å². The normalized spacial score (nSPS) is 18.7. The highest BCUT2D eigenvalue weighted by molar-refractivity contribution is 9.10. The molecule has 0 radical (unpaired) electrons. The molecule has 1 aromatic rings. The second-order valence-electron chi connectivity index (χ2n) is 3.93. The number of hydrogen-bond donors (Lipinski definition) is 2. The molecule has 1 saturated carbocycles. The van der Waals surface area contributed by atoms with Crippen molar-refractivity contribution in [2.45, 2.75) is 24.8 Å². The third-order valence-electron chi connectivity index (χ3n) is 2.85. The average Bonchev–Trinajstić information content (AvgIpc) is 2.11. The summed E-state index contributed by atoms with van der Waals surface area (Å²) in [5, 5.41) is 12.7. The van der Waals surface area contributed by atoms with E-state index in [9.17, 15) is 5.11 Å². The number of nitrogens with one attached hydrogen (secondary N) is 1. The maximum Gasteiger partial charge on any atom is 0.0661 e. The van der Waals surface area contributed by atoms with Crippen LogP contribution in [-0.2, 0) is 0 Å². The highest BCUT2D eigenvalue weighted by atomic mass is 79.9. The van der Waals surface area contributed by atoms with Crippen LogP contribution in [0.25, 0.3) is 0 Å². The number of rotatable bonds is 3. The van der Waals surface area contributed by atoms with Crippen molar-refractivity contribution in [3.63, 3.8) is 0 Å². The summed E-state index contributed by atoms with van der Waals surface area (Å²) in [5.41, 5.74) is 1.02. The minimum absolute atomic E-state index is 0.0548. The van der Waals surface area contributed by atoms with Gasteiger partial charge in [0.05, 0.1) is 12.1 Å². The van der Waals surface area contributed by atoms with E-state index in [4.69, 9.17) is 0 Å². The number of halogens is 1. The second-order valence-corrected chi connectivity index (χ2v) is 4.84. The van der Waals surface area contributed by atoms with Gasteiger partial charge in [0, 0.05) is 10.2 Å². The van der Waals surface area contributed by atoms with Crippen molar-refractivity contribution in [1.29, 1.82) is 0 Å². The molecule has 2 nitrogen and oxygen atoms in total. The summed E-state index contributed by atoms with van der Waals surface area (Å²) >= 11 is 3.43. The summed E-state index contributed by atoms with van der Waals surface area (Å²) in [5.74, 6) is 0. The Bertz CT molecular complexity index is 317. The van der Waals surface area contributed by atoms with Crippen molar-refractivity contribution in [3.8, 4) is 0 Å². The van der Waals surface area contributed by atoms with Gasteiger partial charge in [-0.2, -0.15) is 0 Å². The van der Waals surface area contributed by atoms with Gasteiger partial charge in [-0.1, -0.05) is 22.0 Å². The van der Waals surface area contributed by atoms with E-state index in [0.717, 1.165) is 23.0 Å². The molecule has 14 heavy (non-hydrogen) atoms. The largest absolute Gasteiger partial charge is 0.394 e. The van der Waals surface area contributed by atoms with Crippen molar-refractivity contribution in [2.75, 3.05) is 11.9 Å². The van der Waals surface area contributed by atoms with E-state index in [1.165, 1.54) is 6.42 Å². The molecule has 1 fully saturated rings. The zero-order valence-corrected chi connectivity index (χ0v) is 9.55. The third kappa shape index (κ3) is 1.93. The zero-order valence-electron chi connectivity index (χ0n) is 7.96. The van der Waals surface area contributed by atoms with Crippen LogP contribution >= 0.6 is 15.9 Å². The maximum absolute atomic E-state index is 9.29. The Labute approximate surface area is 92.5 Å². The van der Waals surface area contributed by atoms with Gasteiger partial charge in [0.15, 0.2) is 0 Å². The number of aliphatic hydroxyl groups is 1. The molecule has 1 aromatic carbocycles. The number of anilines is 1. The van der Waals surface area contributed by atoms with Crippen LogP contribution in [0.3, 0.4) is 0 Å². The highest BCUT2D eigenvalue weighted by Gasteiger charge is 2.35. The summed E-state index contributed by atoms with van der Waals surface area (Å²) < 4.78 is 1.06. The topological polar surface area (TPSA) is 32.3 Å². The first-order valence-corrected chi connectivity index (χ1v) is 5.68. The van der Waals surface area contributed by atoms with Crippen LogP contribution in [-0.4, -0.2) is 17.3 Å². The highest BCUT2D eigenvalue weighted by Crippen LogP contribution is 2.35. The van der Waals surface area contributed by atoms with Gasteiger partial charge in [0.25, 0.3) is 0 Å². The lowest BCUT2D eigenvalue weighted by Crippen LogP contribution is -2.48. The van der Waals surface area contributed by atoms with Gasteiger partial charge < -0.3 is 10.4 Å². The molecule has 0 saturated heterocycles. The Morgan fingerprint density at radius 2 is 2.21 bits per heavy atom. The van der Waals surface area contributed by atoms with Crippen LogP contribution in [0.5, 0.6) is 0 Å². The van der Waals surface area contributed by atoms with Crippen molar-refractivity contribution < 1.29 is 5.11 Å². The lowest BCUT2D eigenvalue weighted by atomic mass is 9.77. The average molecular weight is 256 g/mol. The molecular weight excluding hydrogens is 242 g/mol. The molecule has 2 N–H and O–H groups in total. The van der Waals surface area contributed by atoms with Gasteiger partial charge in [-0.3, -0.25) is 0 Å². The summed E-state index contributed by atoms with van der Waals surface area (Å²) in [6.07, 6.45) is 3.34. The molecule has 1 aliphatic carbocycles. The summed E-state index contributed by atoms with van der Waals surface area (Å²) in [6, 6.07) is 8.06. The molecule has 3 heteroatoms. The minimum Gasteiger partial charge on any atom is -0.394 e. The van der Waals surface area contributed by atoms with E-state index in [-0.39, 0.29) is 12.1 Å². The molecule has 0 atom stereocenters. The predicted octanol–water partition coefficient (Wildman–Crippen LogP) is 2.78. The minimum atomic E-state index is -0.0548. The van der Waals surface area contributed by atoms with Gasteiger partial charge in [0.1, 0.15) is 0 Å². The molecule has 0 bridgehead atoms. The molecule has 0 aromatic heterocycles. The first-order valence-electron chi connectivity index (χ1n) is 4.89. The van der Waals surface area contributed by atoms with Crippen LogP contribution in [0.1, 0.15) is 19.3 Å². The van der Waals surface area contributed by atoms with Crippen LogP contribution in [0.4, 0.5) is 5.69 Å². The Hall–Kier alpha value is -0.540. The summed E-state index contributed by atoms with van der Waals surface area (Å²) in [7, 11) is 0. The fourth-order valence-corrected chi connectivity index (χ4v) is 2.20. The van der Waals surface area contributed by atoms with Crippen LogP contribution < -0.4 is 5.32 Å². The number of aliphatic hydroxyl groups excluding tert-OH is 1. The van der Waals surface area contributed by atoms with Gasteiger partial charge in [0.2, 0.25) is 0 Å². The number of benzene rings is 1. The molecule has 76 valence electrons. The number of hydrogen-bond acceptors (Lipinski definition) is 2. The Morgan fingerprint density at radius 1 is 1.43 bits per heavy atom. The van der Waals surface area contributed by atoms with Crippen molar-refractivity contribution in [2.24, 2.45) is 0 Å². The SMILES string of the molecule is OCC1(Nc2cccc(Br)c2)CCC1. The van der Waals surface area contributed by atoms with E-state index in [2.05, 4.69) is 21.2 Å². The lowest BCUT2D eigenvalue weighted by Gasteiger charge is -2.41. The lowest BCUT2D eigenvalue weighted by molar-refractivity contribution is 0.144. The monoisotopic (exact) mass is 255 g/mol.